The molecule has 3 aliphatic carbocycles. The zero-order valence-corrected chi connectivity index (χ0v) is 26.8. The summed E-state index contributed by atoms with van der Waals surface area (Å²) in [5.41, 5.74) is 25.3. The molecule has 46 heavy (non-hydrogen) atoms. The lowest BCUT2D eigenvalue weighted by molar-refractivity contribution is 0.654. The molecule has 0 aliphatic heterocycles. The van der Waals surface area contributed by atoms with Crippen LogP contribution < -0.4 is 5.73 Å². The predicted octanol–water partition coefficient (Wildman–Crippen LogP) is 11.6. The quantitative estimate of drug-likeness (QED) is 0.226. The lowest BCUT2D eigenvalue weighted by atomic mass is 9.75. The van der Waals surface area contributed by atoms with Crippen molar-refractivity contribution in [3.8, 4) is 22.3 Å². The summed E-state index contributed by atoms with van der Waals surface area (Å²) >= 11 is 0. The normalized spacial score (nSPS) is 19.2. The molecule has 3 aliphatic rings. The summed E-state index contributed by atoms with van der Waals surface area (Å²) in [6.45, 7) is 8.70. The van der Waals surface area contributed by atoms with Crippen LogP contribution in [0, 0.1) is 5.92 Å². The van der Waals surface area contributed by atoms with Gasteiger partial charge in [0.2, 0.25) is 0 Å². The van der Waals surface area contributed by atoms with Crippen LogP contribution in [0.25, 0.3) is 33.4 Å². The maximum absolute atomic E-state index is 7.68. The van der Waals surface area contributed by atoms with Gasteiger partial charge >= 0.3 is 0 Å². The van der Waals surface area contributed by atoms with E-state index in [-0.39, 0.29) is 6.04 Å². The van der Waals surface area contributed by atoms with E-state index in [4.69, 9.17) is 5.73 Å². The third-order valence-electron chi connectivity index (χ3n) is 9.81. The molecule has 2 atom stereocenters. The molecule has 0 saturated carbocycles. The second kappa shape index (κ2) is 12.8. The number of allylic oxidation sites excluding steroid dienone is 11. The van der Waals surface area contributed by atoms with Gasteiger partial charge in [-0.15, -0.1) is 0 Å². The molecule has 226 valence electrons. The maximum atomic E-state index is 7.68. The Balaban J connectivity index is 1.51. The smallest absolute Gasteiger partial charge is 0.0561 e. The molecule has 0 heterocycles. The van der Waals surface area contributed by atoms with E-state index in [0.29, 0.717) is 5.92 Å². The van der Waals surface area contributed by atoms with Crippen molar-refractivity contribution in [1.29, 1.82) is 0 Å². The van der Waals surface area contributed by atoms with Gasteiger partial charge in [0.1, 0.15) is 0 Å². The molecule has 0 aromatic heterocycles. The second-order valence-corrected chi connectivity index (χ2v) is 12.7. The zero-order valence-electron chi connectivity index (χ0n) is 26.8. The van der Waals surface area contributed by atoms with Gasteiger partial charge in [-0.2, -0.15) is 0 Å². The van der Waals surface area contributed by atoms with Gasteiger partial charge in [-0.05, 0) is 130 Å². The SMILES string of the molecule is C=CC1=C(/C(=C2\CC(C)=C(/C=C\C)c3ccccc32)C(N)c2cc(-c3ccccc3)cc(-c3ccccc3)c2)C2=CC=CCC2C1. The Labute approximate surface area is 274 Å². The first kappa shape index (κ1) is 29.7. The number of nitrogens with two attached hydrogens (primary N) is 1. The molecule has 4 aromatic carbocycles. The lowest BCUT2D eigenvalue weighted by Gasteiger charge is -2.31. The van der Waals surface area contributed by atoms with Crippen LogP contribution in [-0.2, 0) is 0 Å². The fourth-order valence-electron chi connectivity index (χ4n) is 7.62. The molecule has 0 fully saturated rings. The standard InChI is InChI=1S/C45H41N/c1-4-16-38-30(3)25-42(41-24-15-14-23-40(38)41)44(43-31(5-2)26-34-21-12-13-22-39(34)43)45(46)37-28-35(32-17-8-6-9-18-32)27-36(29-37)33-19-10-7-11-20-33/h4-20,22-24,27-29,34,45H,2,21,25-26,46H2,1,3H3/b16-4-,44-42-. The van der Waals surface area contributed by atoms with Crippen molar-refractivity contribution in [1.82, 2.24) is 0 Å². The first-order valence-electron chi connectivity index (χ1n) is 16.5. The van der Waals surface area contributed by atoms with Gasteiger partial charge < -0.3 is 5.73 Å². The van der Waals surface area contributed by atoms with Crippen molar-refractivity contribution < 1.29 is 0 Å². The van der Waals surface area contributed by atoms with E-state index < -0.39 is 0 Å². The molecule has 1 nitrogen and oxygen atoms in total. The number of rotatable bonds is 7. The van der Waals surface area contributed by atoms with E-state index in [1.165, 1.54) is 72.4 Å². The second-order valence-electron chi connectivity index (χ2n) is 12.7. The van der Waals surface area contributed by atoms with Crippen LogP contribution in [-0.4, -0.2) is 0 Å². The van der Waals surface area contributed by atoms with Crippen LogP contribution >= 0.6 is 0 Å². The highest BCUT2D eigenvalue weighted by molar-refractivity contribution is 5.93. The molecule has 0 amide bonds. The topological polar surface area (TPSA) is 26.0 Å². The van der Waals surface area contributed by atoms with Crippen molar-refractivity contribution in [2.75, 3.05) is 0 Å². The van der Waals surface area contributed by atoms with Gasteiger partial charge in [-0.1, -0.05) is 134 Å². The van der Waals surface area contributed by atoms with Crippen LogP contribution in [0.3, 0.4) is 0 Å². The summed E-state index contributed by atoms with van der Waals surface area (Å²) in [4.78, 5) is 0. The first-order chi connectivity index (χ1) is 22.6. The Kier molecular flexibility index (Phi) is 8.26. The summed E-state index contributed by atoms with van der Waals surface area (Å²) in [6.07, 6.45) is 16.2. The number of fused-ring (bicyclic) bond motifs is 2. The Morgan fingerprint density at radius 1 is 0.826 bits per heavy atom. The Bertz CT molecular complexity index is 1930. The van der Waals surface area contributed by atoms with Gasteiger partial charge in [-0.3, -0.25) is 0 Å². The highest BCUT2D eigenvalue weighted by atomic mass is 14.7. The molecule has 2 N–H and O–H groups in total. The Morgan fingerprint density at radius 3 is 2.09 bits per heavy atom. The highest BCUT2D eigenvalue weighted by Crippen LogP contribution is 2.52. The summed E-state index contributed by atoms with van der Waals surface area (Å²) in [5.74, 6) is 0.459. The van der Waals surface area contributed by atoms with Crippen molar-refractivity contribution in [3.63, 3.8) is 0 Å². The third-order valence-corrected chi connectivity index (χ3v) is 9.81. The molecule has 7 rings (SSSR count). The zero-order chi connectivity index (χ0) is 31.6. The van der Waals surface area contributed by atoms with E-state index >= 15 is 0 Å². The summed E-state index contributed by atoms with van der Waals surface area (Å²) < 4.78 is 0. The van der Waals surface area contributed by atoms with Crippen molar-refractivity contribution in [2.24, 2.45) is 11.7 Å². The molecule has 1 heteroatoms. The van der Waals surface area contributed by atoms with Crippen molar-refractivity contribution in [2.45, 2.75) is 39.2 Å². The van der Waals surface area contributed by atoms with Gasteiger partial charge in [0.15, 0.2) is 0 Å². The van der Waals surface area contributed by atoms with Gasteiger partial charge in [0, 0.05) is 0 Å². The minimum absolute atomic E-state index is 0.347. The molecule has 0 saturated heterocycles. The molecule has 0 radical (unpaired) electrons. The van der Waals surface area contributed by atoms with E-state index in [1.54, 1.807) is 0 Å². The minimum Gasteiger partial charge on any atom is -0.320 e. The Morgan fingerprint density at radius 2 is 1.46 bits per heavy atom. The molecular formula is C45H41N. The molecular weight excluding hydrogens is 555 g/mol. The number of benzene rings is 4. The van der Waals surface area contributed by atoms with Crippen LogP contribution in [0.5, 0.6) is 0 Å². The van der Waals surface area contributed by atoms with Crippen LogP contribution in [0.15, 0.2) is 174 Å². The summed E-state index contributed by atoms with van der Waals surface area (Å²) in [5, 5.41) is 0. The van der Waals surface area contributed by atoms with Crippen molar-refractivity contribution in [3.05, 3.63) is 191 Å². The van der Waals surface area contributed by atoms with Crippen LogP contribution in [0.2, 0.25) is 0 Å². The largest absolute Gasteiger partial charge is 0.320 e. The first-order valence-corrected chi connectivity index (χ1v) is 16.5. The average molecular weight is 596 g/mol. The van der Waals surface area contributed by atoms with E-state index in [1.807, 2.05) is 0 Å². The average Bonchev–Trinajstić information content (AvgIpc) is 3.49. The van der Waals surface area contributed by atoms with Gasteiger partial charge in [0.05, 0.1) is 6.04 Å². The van der Waals surface area contributed by atoms with Crippen LogP contribution in [0.1, 0.15) is 55.8 Å². The molecule has 0 bridgehead atoms. The highest BCUT2D eigenvalue weighted by Gasteiger charge is 2.35. The fourth-order valence-corrected chi connectivity index (χ4v) is 7.62. The van der Waals surface area contributed by atoms with Crippen LogP contribution in [0.4, 0.5) is 0 Å². The molecule has 0 spiro atoms. The van der Waals surface area contributed by atoms with E-state index in [9.17, 15) is 0 Å². The fraction of sp³-hybridized carbons (Fsp3) is 0.156. The monoisotopic (exact) mass is 595 g/mol. The third kappa shape index (κ3) is 5.42. The number of hydrogen-bond donors (Lipinski definition) is 1. The molecule has 4 aromatic rings. The minimum atomic E-state index is -0.347. The van der Waals surface area contributed by atoms with Gasteiger partial charge in [0.25, 0.3) is 0 Å². The van der Waals surface area contributed by atoms with Crippen molar-refractivity contribution >= 4 is 11.1 Å². The number of hydrogen-bond acceptors (Lipinski definition) is 1. The van der Waals surface area contributed by atoms with E-state index in [2.05, 4.69) is 160 Å². The lowest BCUT2D eigenvalue weighted by Crippen LogP contribution is -2.19. The summed E-state index contributed by atoms with van der Waals surface area (Å²) in [7, 11) is 0. The maximum Gasteiger partial charge on any atom is 0.0561 e. The van der Waals surface area contributed by atoms with Gasteiger partial charge in [-0.25, -0.2) is 0 Å². The van der Waals surface area contributed by atoms with E-state index in [0.717, 1.165) is 24.8 Å². The summed E-state index contributed by atoms with van der Waals surface area (Å²) in [6, 6.07) is 36.8. The Hall–Kier alpha value is -4.98. The predicted molar refractivity (Wildman–Crippen MR) is 197 cm³/mol. The molecule has 2 unspecified atom stereocenters.